The Labute approximate surface area is 110 Å². The van der Waals surface area contributed by atoms with Crippen LogP contribution < -0.4 is 0 Å². The fraction of sp³-hybridized carbons (Fsp3) is 0.455. The SMILES string of the molecule is Cc1cc(Br)ccc1S(=O)(=O)N(C)[C@H](C)CO. The third-order valence-corrected chi connectivity index (χ3v) is 5.30. The summed E-state index contributed by atoms with van der Waals surface area (Å²) in [5.41, 5.74) is 0.677. The van der Waals surface area contributed by atoms with Crippen LogP contribution in [0.2, 0.25) is 0 Å². The van der Waals surface area contributed by atoms with Crippen LogP contribution in [0.4, 0.5) is 0 Å². The van der Waals surface area contributed by atoms with E-state index in [1.165, 1.54) is 11.4 Å². The van der Waals surface area contributed by atoms with Gasteiger partial charge < -0.3 is 5.11 Å². The van der Waals surface area contributed by atoms with E-state index in [0.717, 1.165) is 4.47 Å². The van der Waals surface area contributed by atoms with Crippen LogP contribution in [0.25, 0.3) is 0 Å². The van der Waals surface area contributed by atoms with Gasteiger partial charge in [0.2, 0.25) is 10.0 Å². The molecule has 0 spiro atoms. The molecule has 0 bridgehead atoms. The molecule has 1 rings (SSSR count). The second-order valence-electron chi connectivity index (χ2n) is 3.96. The zero-order valence-corrected chi connectivity index (χ0v) is 12.4. The lowest BCUT2D eigenvalue weighted by atomic mass is 10.2. The van der Waals surface area contributed by atoms with E-state index in [1.54, 1.807) is 32.0 Å². The number of halogens is 1. The molecule has 0 radical (unpaired) electrons. The molecule has 0 aliphatic carbocycles. The molecule has 6 heteroatoms. The fourth-order valence-electron chi connectivity index (χ4n) is 1.41. The van der Waals surface area contributed by atoms with Crippen LogP contribution in [0.5, 0.6) is 0 Å². The Morgan fingerprint density at radius 3 is 2.53 bits per heavy atom. The van der Waals surface area contributed by atoms with E-state index in [0.29, 0.717) is 5.56 Å². The monoisotopic (exact) mass is 321 g/mol. The lowest BCUT2D eigenvalue weighted by molar-refractivity contribution is 0.214. The van der Waals surface area contributed by atoms with Crippen LogP contribution in [0.3, 0.4) is 0 Å². The van der Waals surface area contributed by atoms with Gasteiger partial charge in [-0.3, -0.25) is 0 Å². The minimum atomic E-state index is -3.55. The summed E-state index contributed by atoms with van der Waals surface area (Å²) < 4.78 is 26.6. The number of aliphatic hydroxyl groups excluding tert-OH is 1. The third kappa shape index (κ3) is 3.07. The fourth-order valence-corrected chi connectivity index (χ4v) is 3.44. The van der Waals surface area contributed by atoms with Crippen molar-refractivity contribution in [3.63, 3.8) is 0 Å². The van der Waals surface area contributed by atoms with Gasteiger partial charge in [-0.1, -0.05) is 15.9 Å². The van der Waals surface area contributed by atoms with Gasteiger partial charge in [0.1, 0.15) is 0 Å². The molecule has 0 aliphatic heterocycles. The Bertz CT molecular complexity index is 501. The molecule has 1 aromatic rings. The number of nitrogens with zero attached hydrogens (tertiary/aromatic N) is 1. The van der Waals surface area contributed by atoms with Crippen LogP contribution in [0.1, 0.15) is 12.5 Å². The summed E-state index contributed by atoms with van der Waals surface area (Å²) in [5.74, 6) is 0. The van der Waals surface area contributed by atoms with Gasteiger partial charge >= 0.3 is 0 Å². The first-order valence-electron chi connectivity index (χ1n) is 5.15. The molecule has 17 heavy (non-hydrogen) atoms. The van der Waals surface area contributed by atoms with Gasteiger partial charge in [-0.15, -0.1) is 0 Å². The minimum absolute atomic E-state index is 0.203. The average Bonchev–Trinajstić information content (AvgIpc) is 2.26. The summed E-state index contributed by atoms with van der Waals surface area (Å²) in [5, 5.41) is 9.02. The number of benzene rings is 1. The molecule has 96 valence electrons. The molecule has 0 saturated carbocycles. The van der Waals surface area contributed by atoms with E-state index in [-0.39, 0.29) is 11.5 Å². The highest BCUT2D eigenvalue weighted by molar-refractivity contribution is 9.10. The number of sulfonamides is 1. The Kier molecular flexibility index (Phi) is 4.71. The van der Waals surface area contributed by atoms with Crippen molar-refractivity contribution >= 4 is 26.0 Å². The standard InChI is InChI=1S/C11H16BrNO3S/c1-8-6-10(12)4-5-11(8)17(15,16)13(3)9(2)7-14/h4-6,9,14H,7H2,1-3H3/t9-/m1/s1. The molecule has 0 unspecified atom stereocenters. The molecular formula is C11H16BrNO3S. The van der Waals surface area contributed by atoms with Crippen molar-refractivity contribution in [2.45, 2.75) is 24.8 Å². The van der Waals surface area contributed by atoms with Gasteiger partial charge in [-0.05, 0) is 37.6 Å². The van der Waals surface area contributed by atoms with Crippen molar-refractivity contribution in [2.24, 2.45) is 0 Å². The van der Waals surface area contributed by atoms with E-state index >= 15 is 0 Å². The van der Waals surface area contributed by atoms with E-state index in [2.05, 4.69) is 15.9 Å². The van der Waals surface area contributed by atoms with Crippen LogP contribution in [-0.4, -0.2) is 37.5 Å². The summed E-state index contributed by atoms with van der Waals surface area (Å²) in [6.45, 7) is 3.20. The molecule has 0 heterocycles. The molecule has 0 fully saturated rings. The van der Waals surface area contributed by atoms with Crippen molar-refractivity contribution in [3.05, 3.63) is 28.2 Å². The number of aliphatic hydroxyl groups is 1. The number of hydrogen-bond donors (Lipinski definition) is 1. The first-order chi connectivity index (χ1) is 7.80. The molecule has 0 aliphatic rings. The lowest BCUT2D eigenvalue weighted by Crippen LogP contribution is -2.37. The molecule has 0 aromatic heterocycles. The molecule has 0 saturated heterocycles. The van der Waals surface area contributed by atoms with Gasteiger partial charge in [-0.2, -0.15) is 4.31 Å². The van der Waals surface area contributed by atoms with Gasteiger partial charge in [0.05, 0.1) is 11.5 Å². The Balaban J connectivity index is 3.22. The van der Waals surface area contributed by atoms with Gasteiger partial charge in [-0.25, -0.2) is 8.42 Å². The third-order valence-electron chi connectivity index (χ3n) is 2.68. The summed E-state index contributed by atoms with van der Waals surface area (Å²) in [6, 6.07) is 4.57. The predicted octanol–water partition coefficient (Wildman–Crippen LogP) is 1.76. The van der Waals surface area contributed by atoms with Crippen LogP contribution in [-0.2, 0) is 10.0 Å². The molecule has 1 N–H and O–H groups in total. The first-order valence-corrected chi connectivity index (χ1v) is 7.39. The maximum absolute atomic E-state index is 12.3. The topological polar surface area (TPSA) is 57.6 Å². The minimum Gasteiger partial charge on any atom is -0.395 e. The van der Waals surface area contributed by atoms with E-state index in [1.807, 2.05) is 0 Å². The van der Waals surface area contributed by atoms with E-state index in [4.69, 9.17) is 5.11 Å². The smallest absolute Gasteiger partial charge is 0.243 e. The number of hydrogen-bond acceptors (Lipinski definition) is 3. The average molecular weight is 322 g/mol. The van der Waals surface area contributed by atoms with Crippen molar-refractivity contribution in [1.29, 1.82) is 0 Å². The molecule has 1 atom stereocenters. The quantitative estimate of drug-likeness (QED) is 0.919. The van der Waals surface area contributed by atoms with Crippen molar-refractivity contribution in [3.8, 4) is 0 Å². The van der Waals surface area contributed by atoms with Crippen LogP contribution in [0, 0.1) is 6.92 Å². The number of aryl methyl sites for hydroxylation is 1. The van der Waals surface area contributed by atoms with Crippen molar-refractivity contribution in [2.75, 3.05) is 13.7 Å². The molecular weight excluding hydrogens is 306 g/mol. The first kappa shape index (κ1) is 14.6. The van der Waals surface area contributed by atoms with Gasteiger partial charge in [0.25, 0.3) is 0 Å². The molecule has 4 nitrogen and oxygen atoms in total. The lowest BCUT2D eigenvalue weighted by Gasteiger charge is -2.23. The predicted molar refractivity (Wildman–Crippen MR) is 70.4 cm³/mol. The Morgan fingerprint density at radius 1 is 1.47 bits per heavy atom. The second-order valence-corrected chi connectivity index (χ2v) is 6.84. The van der Waals surface area contributed by atoms with Crippen LogP contribution >= 0.6 is 15.9 Å². The van der Waals surface area contributed by atoms with Crippen LogP contribution in [0.15, 0.2) is 27.6 Å². The number of likely N-dealkylation sites (N-methyl/N-ethyl adjacent to an activating group) is 1. The maximum atomic E-state index is 12.3. The zero-order chi connectivity index (χ0) is 13.2. The van der Waals surface area contributed by atoms with E-state index in [9.17, 15) is 8.42 Å². The summed E-state index contributed by atoms with van der Waals surface area (Å²) >= 11 is 3.29. The zero-order valence-electron chi connectivity index (χ0n) is 10.0. The normalized spacial score (nSPS) is 14.0. The number of rotatable bonds is 4. The summed E-state index contributed by atoms with van der Waals surface area (Å²) in [7, 11) is -2.08. The highest BCUT2D eigenvalue weighted by atomic mass is 79.9. The molecule has 1 aromatic carbocycles. The summed E-state index contributed by atoms with van der Waals surface area (Å²) in [6.07, 6.45) is 0. The highest BCUT2D eigenvalue weighted by Crippen LogP contribution is 2.23. The summed E-state index contributed by atoms with van der Waals surface area (Å²) in [4.78, 5) is 0.267. The van der Waals surface area contributed by atoms with Gasteiger partial charge in [0.15, 0.2) is 0 Å². The Hall–Kier alpha value is -0.430. The largest absolute Gasteiger partial charge is 0.395 e. The van der Waals surface area contributed by atoms with E-state index < -0.39 is 16.1 Å². The Morgan fingerprint density at radius 2 is 2.06 bits per heavy atom. The van der Waals surface area contributed by atoms with Crippen molar-refractivity contribution < 1.29 is 13.5 Å². The second kappa shape index (κ2) is 5.48. The van der Waals surface area contributed by atoms with Gasteiger partial charge in [0, 0.05) is 17.6 Å². The molecule has 0 amide bonds. The van der Waals surface area contributed by atoms with Crippen molar-refractivity contribution in [1.82, 2.24) is 4.31 Å². The highest BCUT2D eigenvalue weighted by Gasteiger charge is 2.26. The maximum Gasteiger partial charge on any atom is 0.243 e.